The molecule has 0 aromatic rings. The number of carbonyl (C=O) groups is 2. The Hall–Kier alpha value is -0.900. The molecule has 1 aliphatic heterocycles. The van der Waals surface area contributed by atoms with Gasteiger partial charge in [0.2, 0.25) is 0 Å². The predicted molar refractivity (Wildman–Crippen MR) is 93.2 cm³/mol. The molecular weight excluding hydrogens is 290 g/mol. The maximum absolute atomic E-state index is 12.7. The SMILES string of the molecule is CCCN1CCOC(=O)C(C)(C)C(=O)C(C)CC(C)CC(C)C1. The molecule has 134 valence electrons. The Morgan fingerprint density at radius 2 is 1.78 bits per heavy atom. The number of esters is 1. The number of hydrogen-bond acceptors (Lipinski definition) is 4. The second-order valence-corrected chi connectivity index (χ2v) is 8.01. The maximum atomic E-state index is 12.7. The molecule has 0 amide bonds. The van der Waals surface area contributed by atoms with E-state index < -0.39 is 5.41 Å². The first-order valence-corrected chi connectivity index (χ1v) is 9.12. The van der Waals surface area contributed by atoms with Crippen molar-refractivity contribution in [2.24, 2.45) is 23.2 Å². The summed E-state index contributed by atoms with van der Waals surface area (Å²) in [5.41, 5.74) is -1.05. The van der Waals surface area contributed by atoms with Crippen LogP contribution in [0.1, 0.15) is 60.8 Å². The molecule has 1 heterocycles. The molecule has 23 heavy (non-hydrogen) atoms. The van der Waals surface area contributed by atoms with Crippen LogP contribution >= 0.6 is 0 Å². The van der Waals surface area contributed by atoms with Crippen LogP contribution in [0, 0.1) is 23.2 Å². The van der Waals surface area contributed by atoms with Crippen molar-refractivity contribution in [2.75, 3.05) is 26.2 Å². The Labute approximate surface area is 141 Å². The topological polar surface area (TPSA) is 46.6 Å². The summed E-state index contributed by atoms with van der Waals surface area (Å²) in [6.07, 6.45) is 3.05. The fourth-order valence-corrected chi connectivity index (χ4v) is 3.78. The first-order valence-electron chi connectivity index (χ1n) is 9.12. The lowest BCUT2D eigenvalue weighted by Crippen LogP contribution is -2.40. The zero-order chi connectivity index (χ0) is 17.6. The van der Waals surface area contributed by atoms with Crippen molar-refractivity contribution >= 4 is 11.8 Å². The van der Waals surface area contributed by atoms with Crippen molar-refractivity contribution in [2.45, 2.75) is 60.8 Å². The quantitative estimate of drug-likeness (QED) is 0.575. The second-order valence-electron chi connectivity index (χ2n) is 8.01. The van der Waals surface area contributed by atoms with Gasteiger partial charge in [0.1, 0.15) is 12.0 Å². The lowest BCUT2D eigenvalue weighted by Gasteiger charge is -2.26. The van der Waals surface area contributed by atoms with Gasteiger partial charge in [-0.2, -0.15) is 0 Å². The van der Waals surface area contributed by atoms with Gasteiger partial charge in [-0.3, -0.25) is 14.5 Å². The first kappa shape index (κ1) is 20.1. The van der Waals surface area contributed by atoms with Crippen molar-refractivity contribution in [3.8, 4) is 0 Å². The predicted octanol–water partition coefficient (Wildman–Crippen LogP) is 3.54. The molecule has 0 bridgehead atoms. The third-order valence-electron chi connectivity index (χ3n) is 4.88. The molecule has 0 radical (unpaired) electrons. The number of Topliss-reactive ketones (excluding diaryl/α,β-unsaturated/α-hetero) is 1. The Kier molecular flexibility index (Phi) is 7.72. The molecule has 0 aromatic carbocycles. The van der Waals surface area contributed by atoms with Crippen LogP contribution in [0.3, 0.4) is 0 Å². The Morgan fingerprint density at radius 3 is 2.39 bits per heavy atom. The highest BCUT2D eigenvalue weighted by Gasteiger charge is 2.40. The van der Waals surface area contributed by atoms with Gasteiger partial charge >= 0.3 is 5.97 Å². The van der Waals surface area contributed by atoms with Crippen LogP contribution in [0.5, 0.6) is 0 Å². The van der Waals surface area contributed by atoms with Gasteiger partial charge in [-0.05, 0) is 51.5 Å². The zero-order valence-electron chi connectivity index (χ0n) is 15.9. The fourth-order valence-electron chi connectivity index (χ4n) is 3.78. The number of ether oxygens (including phenoxy) is 1. The Bertz CT molecular complexity index is 405. The number of rotatable bonds is 2. The van der Waals surface area contributed by atoms with Crippen LogP contribution in [-0.2, 0) is 14.3 Å². The summed E-state index contributed by atoms with van der Waals surface area (Å²) in [5.74, 6) is 0.591. The van der Waals surface area contributed by atoms with Crippen LogP contribution in [0.15, 0.2) is 0 Å². The maximum Gasteiger partial charge on any atom is 0.319 e. The lowest BCUT2D eigenvalue weighted by atomic mass is 9.78. The molecule has 1 saturated heterocycles. The minimum Gasteiger partial charge on any atom is -0.464 e. The molecule has 4 heteroatoms. The van der Waals surface area contributed by atoms with Gasteiger partial charge < -0.3 is 4.74 Å². The van der Waals surface area contributed by atoms with E-state index in [1.165, 1.54) is 0 Å². The van der Waals surface area contributed by atoms with Crippen molar-refractivity contribution < 1.29 is 14.3 Å². The van der Waals surface area contributed by atoms with E-state index in [9.17, 15) is 9.59 Å². The molecule has 0 spiro atoms. The van der Waals surface area contributed by atoms with Gasteiger partial charge in [0, 0.05) is 19.0 Å². The minimum atomic E-state index is -1.05. The molecule has 1 rings (SSSR count). The molecule has 1 fully saturated rings. The fraction of sp³-hybridized carbons (Fsp3) is 0.895. The third-order valence-corrected chi connectivity index (χ3v) is 4.88. The number of hydrogen-bond donors (Lipinski definition) is 0. The third kappa shape index (κ3) is 5.91. The highest BCUT2D eigenvalue weighted by Crippen LogP contribution is 2.29. The summed E-state index contributed by atoms with van der Waals surface area (Å²) in [5, 5.41) is 0. The normalized spacial score (nSPS) is 31.7. The van der Waals surface area contributed by atoms with Crippen LogP contribution in [0.4, 0.5) is 0 Å². The van der Waals surface area contributed by atoms with Crippen molar-refractivity contribution in [3.05, 3.63) is 0 Å². The summed E-state index contributed by atoms with van der Waals surface area (Å²) in [4.78, 5) is 27.4. The number of ketones is 1. The Morgan fingerprint density at radius 1 is 1.13 bits per heavy atom. The molecule has 3 unspecified atom stereocenters. The van der Waals surface area contributed by atoms with E-state index in [-0.39, 0.29) is 17.7 Å². The molecule has 4 nitrogen and oxygen atoms in total. The molecule has 1 aliphatic rings. The summed E-state index contributed by atoms with van der Waals surface area (Å²) in [6, 6.07) is 0. The second kappa shape index (κ2) is 8.81. The molecule has 0 saturated carbocycles. The Balaban J connectivity index is 2.90. The molecule has 0 N–H and O–H groups in total. The summed E-state index contributed by atoms with van der Waals surface area (Å²) in [7, 11) is 0. The van der Waals surface area contributed by atoms with Gasteiger partial charge in [-0.25, -0.2) is 0 Å². The number of cyclic esters (lactones) is 1. The van der Waals surface area contributed by atoms with Crippen molar-refractivity contribution in [1.82, 2.24) is 4.90 Å². The molecule has 3 atom stereocenters. The van der Waals surface area contributed by atoms with E-state index in [1.54, 1.807) is 13.8 Å². The number of nitrogens with zero attached hydrogens (tertiary/aromatic N) is 1. The van der Waals surface area contributed by atoms with E-state index in [0.717, 1.165) is 38.9 Å². The van der Waals surface area contributed by atoms with Gasteiger partial charge in [0.15, 0.2) is 5.78 Å². The zero-order valence-corrected chi connectivity index (χ0v) is 15.9. The smallest absolute Gasteiger partial charge is 0.319 e. The van der Waals surface area contributed by atoms with Crippen molar-refractivity contribution in [1.29, 1.82) is 0 Å². The van der Waals surface area contributed by atoms with Gasteiger partial charge in [-0.15, -0.1) is 0 Å². The van der Waals surface area contributed by atoms with Crippen LogP contribution < -0.4 is 0 Å². The van der Waals surface area contributed by atoms with Crippen LogP contribution in [-0.4, -0.2) is 42.9 Å². The summed E-state index contributed by atoms with van der Waals surface area (Å²) < 4.78 is 5.43. The van der Waals surface area contributed by atoms with Crippen LogP contribution in [0.25, 0.3) is 0 Å². The standard InChI is InChI=1S/C19H35NO3/c1-7-8-20-9-10-23-18(22)19(5,6)17(21)16(4)12-14(2)11-15(3)13-20/h14-16H,7-13H2,1-6H3. The average Bonchev–Trinajstić information content (AvgIpc) is 2.45. The van der Waals surface area contributed by atoms with E-state index in [0.29, 0.717) is 18.4 Å². The lowest BCUT2D eigenvalue weighted by molar-refractivity contribution is -0.159. The van der Waals surface area contributed by atoms with Gasteiger partial charge in [0.05, 0.1) is 0 Å². The molecule has 0 aliphatic carbocycles. The van der Waals surface area contributed by atoms with E-state index in [4.69, 9.17) is 4.74 Å². The largest absolute Gasteiger partial charge is 0.464 e. The molecular formula is C19H35NO3. The monoisotopic (exact) mass is 325 g/mol. The average molecular weight is 325 g/mol. The highest BCUT2D eigenvalue weighted by atomic mass is 16.5. The minimum absolute atomic E-state index is 0.00617. The number of carbonyl (C=O) groups excluding carboxylic acids is 2. The first-order chi connectivity index (χ1) is 10.7. The van der Waals surface area contributed by atoms with E-state index in [1.807, 2.05) is 6.92 Å². The highest BCUT2D eigenvalue weighted by molar-refractivity contribution is 6.03. The van der Waals surface area contributed by atoms with Gasteiger partial charge in [-0.1, -0.05) is 27.7 Å². The summed E-state index contributed by atoms with van der Waals surface area (Å²) >= 11 is 0. The van der Waals surface area contributed by atoms with Crippen molar-refractivity contribution in [3.63, 3.8) is 0 Å². The summed E-state index contributed by atoms with van der Waals surface area (Å²) in [6.45, 7) is 15.2. The van der Waals surface area contributed by atoms with Crippen LogP contribution in [0.2, 0.25) is 0 Å². The van der Waals surface area contributed by atoms with Gasteiger partial charge in [0.25, 0.3) is 0 Å². The molecule has 0 aromatic heterocycles. The van der Waals surface area contributed by atoms with E-state index >= 15 is 0 Å². The van der Waals surface area contributed by atoms with E-state index in [2.05, 4.69) is 25.7 Å².